The van der Waals surface area contributed by atoms with E-state index in [1.165, 1.54) is 13.1 Å². The van der Waals surface area contributed by atoms with Crippen molar-refractivity contribution < 1.29 is 19.1 Å². The van der Waals surface area contributed by atoms with Crippen molar-refractivity contribution in [3.05, 3.63) is 29.3 Å². The van der Waals surface area contributed by atoms with Gasteiger partial charge in [0.15, 0.2) is 0 Å². The molecular weight excluding hydrogens is 260 g/mol. The summed E-state index contributed by atoms with van der Waals surface area (Å²) in [7, 11) is 1.44. The third kappa shape index (κ3) is 1.98. The Morgan fingerprint density at radius 1 is 1.30 bits per heavy atom. The lowest BCUT2D eigenvalue weighted by molar-refractivity contribution is -0.124. The van der Waals surface area contributed by atoms with Gasteiger partial charge in [-0.25, -0.2) is 0 Å². The molecule has 0 bridgehead atoms. The zero-order valence-corrected chi connectivity index (χ0v) is 11.0. The number of carbonyl (C=O) groups excluding carboxylic acids is 3. The maximum atomic E-state index is 11.9. The van der Waals surface area contributed by atoms with Crippen molar-refractivity contribution in [1.82, 2.24) is 4.90 Å². The van der Waals surface area contributed by atoms with Crippen molar-refractivity contribution >= 4 is 23.4 Å². The summed E-state index contributed by atoms with van der Waals surface area (Å²) in [5.41, 5.74) is 1.19. The molecule has 1 aromatic carbocycles. The molecule has 0 spiro atoms. The summed E-state index contributed by atoms with van der Waals surface area (Å²) in [6.07, 6.45) is 1.15. The highest BCUT2D eigenvalue weighted by Gasteiger charge is 2.33. The lowest BCUT2D eigenvalue weighted by Gasteiger charge is -2.10. The van der Waals surface area contributed by atoms with Crippen LogP contribution in [0.3, 0.4) is 0 Å². The summed E-state index contributed by atoms with van der Waals surface area (Å²) in [5, 5.41) is 2.72. The average molecular weight is 274 g/mol. The van der Waals surface area contributed by atoms with E-state index in [2.05, 4.69) is 5.32 Å². The molecular formula is C14H14N2O4. The van der Waals surface area contributed by atoms with Gasteiger partial charge in [-0.05, 0) is 31.0 Å². The molecule has 3 rings (SSSR count). The Morgan fingerprint density at radius 2 is 2.05 bits per heavy atom. The Labute approximate surface area is 115 Å². The van der Waals surface area contributed by atoms with Crippen molar-refractivity contribution in [3.63, 3.8) is 0 Å². The van der Waals surface area contributed by atoms with Crippen LogP contribution in [0.4, 0.5) is 5.69 Å². The smallest absolute Gasteiger partial charge is 0.261 e. The molecule has 0 aliphatic carbocycles. The Morgan fingerprint density at radius 3 is 2.75 bits per heavy atom. The molecule has 6 heteroatoms. The second-order valence-corrected chi connectivity index (χ2v) is 4.92. The lowest BCUT2D eigenvalue weighted by Crippen LogP contribution is -2.27. The lowest BCUT2D eigenvalue weighted by atomic mass is 10.1. The summed E-state index contributed by atoms with van der Waals surface area (Å²) in [5.74, 6) is -0.882. The molecule has 0 saturated carbocycles. The van der Waals surface area contributed by atoms with Gasteiger partial charge in [0.2, 0.25) is 0 Å². The Bertz CT molecular complexity index is 605. The van der Waals surface area contributed by atoms with Crippen molar-refractivity contribution in [2.75, 3.05) is 19.0 Å². The quantitative estimate of drug-likeness (QED) is 0.817. The second kappa shape index (κ2) is 4.72. The van der Waals surface area contributed by atoms with Crippen molar-refractivity contribution in [1.29, 1.82) is 0 Å². The second-order valence-electron chi connectivity index (χ2n) is 4.92. The zero-order valence-electron chi connectivity index (χ0n) is 11.0. The molecule has 2 aliphatic heterocycles. The van der Waals surface area contributed by atoms with Gasteiger partial charge in [0.25, 0.3) is 17.7 Å². The summed E-state index contributed by atoms with van der Waals surface area (Å²) < 4.78 is 5.29. The number of anilines is 1. The predicted molar refractivity (Wildman–Crippen MR) is 70.5 cm³/mol. The van der Waals surface area contributed by atoms with E-state index in [1.54, 1.807) is 12.1 Å². The fraction of sp³-hybridized carbons (Fsp3) is 0.357. The molecule has 20 heavy (non-hydrogen) atoms. The molecule has 0 unspecified atom stereocenters. The summed E-state index contributed by atoms with van der Waals surface area (Å²) in [4.78, 5) is 36.6. The first-order valence-corrected chi connectivity index (χ1v) is 6.47. The Balaban J connectivity index is 1.81. The van der Waals surface area contributed by atoms with Crippen LogP contribution in [-0.4, -0.2) is 42.4 Å². The number of ether oxygens (including phenoxy) is 1. The molecule has 1 N–H and O–H groups in total. The minimum atomic E-state index is -0.428. The van der Waals surface area contributed by atoms with Crippen LogP contribution in [0.2, 0.25) is 0 Å². The van der Waals surface area contributed by atoms with Gasteiger partial charge in [0.05, 0.1) is 11.1 Å². The number of rotatable bonds is 2. The van der Waals surface area contributed by atoms with Gasteiger partial charge in [-0.3, -0.25) is 19.3 Å². The zero-order chi connectivity index (χ0) is 14.3. The molecule has 3 amide bonds. The maximum Gasteiger partial charge on any atom is 0.261 e. The van der Waals surface area contributed by atoms with Crippen molar-refractivity contribution in [2.24, 2.45) is 0 Å². The van der Waals surface area contributed by atoms with E-state index in [-0.39, 0.29) is 17.7 Å². The first-order chi connectivity index (χ1) is 9.58. The molecule has 0 aromatic heterocycles. The van der Waals surface area contributed by atoms with E-state index in [9.17, 15) is 14.4 Å². The number of hydrogen-bond donors (Lipinski definition) is 1. The van der Waals surface area contributed by atoms with Crippen LogP contribution in [-0.2, 0) is 9.53 Å². The standard InChI is InChI=1S/C14H14N2O4/c1-16-13(18)9-5-4-8(7-10(9)14(16)19)15-12(17)11-3-2-6-20-11/h4-5,7,11H,2-3,6H2,1H3,(H,15,17)/t11-/m0/s1. The Hall–Kier alpha value is -2.21. The normalized spacial score (nSPS) is 21.2. The topological polar surface area (TPSA) is 75.7 Å². The number of hydrogen-bond acceptors (Lipinski definition) is 4. The molecule has 0 radical (unpaired) electrons. The third-order valence-corrected chi connectivity index (χ3v) is 3.58. The highest BCUT2D eigenvalue weighted by Crippen LogP contribution is 2.25. The number of nitrogens with zero attached hydrogens (tertiary/aromatic N) is 1. The van der Waals surface area contributed by atoms with E-state index < -0.39 is 6.10 Å². The van der Waals surface area contributed by atoms with Crippen molar-refractivity contribution in [2.45, 2.75) is 18.9 Å². The van der Waals surface area contributed by atoms with E-state index in [1.807, 2.05) is 0 Å². The largest absolute Gasteiger partial charge is 0.368 e. The first kappa shape index (κ1) is 12.8. The van der Waals surface area contributed by atoms with E-state index in [0.29, 0.717) is 29.8 Å². The number of fused-ring (bicyclic) bond motifs is 1. The van der Waals surface area contributed by atoms with Crippen LogP contribution in [0, 0.1) is 0 Å². The Kier molecular flexibility index (Phi) is 3.02. The number of nitrogens with one attached hydrogen (secondary N) is 1. The van der Waals surface area contributed by atoms with Crippen LogP contribution < -0.4 is 5.32 Å². The van der Waals surface area contributed by atoms with Crippen LogP contribution in [0.1, 0.15) is 33.6 Å². The van der Waals surface area contributed by atoms with E-state index >= 15 is 0 Å². The molecule has 2 heterocycles. The monoisotopic (exact) mass is 274 g/mol. The summed E-state index contributed by atoms with van der Waals surface area (Å²) in [6, 6.07) is 4.71. The molecule has 1 aromatic rings. The minimum Gasteiger partial charge on any atom is -0.368 e. The van der Waals surface area contributed by atoms with Crippen molar-refractivity contribution in [3.8, 4) is 0 Å². The maximum absolute atomic E-state index is 11.9. The average Bonchev–Trinajstić information content (AvgIpc) is 3.04. The predicted octanol–water partition coefficient (Wildman–Crippen LogP) is 1.03. The van der Waals surface area contributed by atoms with Gasteiger partial charge in [-0.2, -0.15) is 0 Å². The molecule has 1 saturated heterocycles. The van der Waals surface area contributed by atoms with Gasteiger partial charge in [0.1, 0.15) is 6.10 Å². The molecule has 104 valence electrons. The summed E-state index contributed by atoms with van der Waals surface area (Å²) >= 11 is 0. The SMILES string of the molecule is CN1C(=O)c2ccc(NC(=O)[C@@H]3CCCO3)cc2C1=O. The van der Waals surface area contributed by atoms with Crippen LogP contribution in [0.5, 0.6) is 0 Å². The summed E-state index contributed by atoms with van der Waals surface area (Å²) in [6.45, 7) is 0.597. The number of amides is 3. The molecule has 6 nitrogen and oxygen atoms in total. The molecule has 1 atom stereocenters. The van der Waals surface area contributed by atoms with Gasteiger partial charge < -0.3 is 10.1 Å². The van der Waals surface area contributed by atoms with Gasteiger partial charge in [-0.1, -0.05) is 0 Å². The fourth-order valence-corrected chi connectivity index (χ4v) is 2.45. The highest BCUT2D eigenvalue weighted by molar-refractivity contribution is 6.21. The van der Waals surface area contributed by atoms with E-state index in [4.69, 9.17) is 4.74 Å². The third-order valence-electron chi connectivity index (χ3n) is 3.58. The number of benzene rings is 1. The highest BCUT2D eigenvalue weighted by atomic mass is 16.5. The number of carbonyl (C=O) groups is 3. The van der Waals surface area contributed by atoms with Crippen LogP contribution in [0.15, 0.2) is 18.2 Å². The molecule has 1 fully saturated rings. The first-order valence-electron chi connectivity index (χ1n) is 6.47. The van der Waals surface area contributed by atoms with Crippen LogP contribution in [0.25, 0.3) is 0 Å². The van der Waals surface area contributed by atoms with Gasteiger partial charge >= 0.3 is 0 Å². The minimum absolute atomic E-state index is 0.215. The molecule has 2 aliphatic rings. The van der Waals surface area contributed by atoms with Gasteiger partial charge in [-0.15, -0.1) is 0 Å². The van der Waals surface area contributed by atoms with Gasteiger partial charge in [0, 0.05) is 19.3 Å². The fourth-order valence-electron chi connectivity index (χ4n) is 2.45. The van der Waals surface area contributed by atoms with E-state index in [0.717, 1.165) is 11.3 Å². The van der Waals surface area contributed by atoms with Crippen LogP contribution >= 0.6 is 0 Å². The number of imide groups is 1.